The number of amides is 1. The minimum Gasteiger partial charge on any atom is -0.444 e. The molecule has 0 spiro atoms. The summed E-state index contributed by atoms with van der Waals surface area (Å²) in [6.07, 6.45) is 0.260. The number of aliphatic hydroxyl groups is 1. The number of carbonyl (C=O) groups is 1. The van der Waals surface area contributed by atoms with Crippen LogP contribution in [0.5, 0.6) is 0 Å². The van der Waals surface area contributed by atoms with Gasteiger partial charge in [0, 0.05) is 13.0 Å². The Hall–Kier alpha value is -1.28. The van der Waals surface area contributed by atoms with E-state index in [4.69, 9.17) is 10.00 Å². The van der Waals surface area contributed by atoms with E-state index in [1.165, 1.54) is 0 Å². The highest BCUT2D eigenvalue weighted by Crippen LogP contribution is 2.27. The van der Waals surface area contributed by atoms with E-state index in [0.717, 1.165) is 4.90 Å². The summed E-state index contributed by atoms with van der Waals surface area (Å²) in [5.74, 6) is 0. The second kappa shape index (κ2) is 3.70. The first-order chi connectivity index (χ1) is 6.78. The summed E-state index contributed by atoms with van der Waals surface area (Å²) >= 11 is 0. The molecule has 0 aromatic heterocycles. The fraction of sp³-hybridized carbons (Fsp3) is 0.800. The van der Waals surface area contributed by atoms with Crippen LogP contribution < -0.4 is 0 Å². The zero-order valence-corrected chi connectivity index (χ0v) is 9.28. The van der Waals surface area contributed by atoms with E-state index in [-0.39, 0.29) is 6.42 Å². The van der Waals surface area contributed by atoms with Crippen molar-refractivity contribution in [3.63, 3.8) is 0 Å². The van der Waals surface area contributed by atoms with E-state index < -0.39 is 17.4 Å². The van der Waals surface area contributed by atoms with Gasteiger partial charge in [0.15, 0.2) is 0 Å². The monoisotopic (exact) mass is 212 g/mol. The van der Waals surface area contributed by atoms with Gasteiger partial charge in [-0.2, -0.15) is 5.26 Å². The summed E-state index contributed by atoms with van der Waals surface area (Å²) in [6.45, 7) is 5.59. The highest BCUT2D eigenvalue weighted by molar-refractivity contribution is 5.70. The van der Waals surface area contributed by atoms with E-state index in [9.17, 15) is 9.90 Å². The second-order valence-corrected chi connectivity index (χ2v) is 4.66. The summed E-state index contributed by atoms with van der Waals surface area (Å²) in [6, 6.07) is 1.74. The molecule has 84 valence electrons. The van der Waals surface area contributed by atoms with E-state index in [1.54, 1.807) is 26.8 Å². The molecular weight excluding hydrogens is 196 g/mol. The lowest BCUT2D eigenvalue weighted by molar-refractivity contribution is -0.0479. The Morgan fingerprint density at radius 2 is 2.20 bits per heavy atom. The Morgan fingerprint density at radius 1 is 1.60 bits per heavy atom. The van der Waals surface area contributed by atoms with Gasteiger partial charge in [-0.25, -0.2) is 4.79 Å². The van der Waals surface area contributed by atoms with Gasteiger partial charge in [-0.3, -0.25) is 4.90 Å². The average molecular weight is 212 g/mol. The van der Waals surface area contributed by atoms with Crippen LogP contribution in [0.25, 0.3) is 0 Å². The smallest absolute Gasteiger partial charge is 0.413 e. The quantitative estimate of drug-likeness (QED) is 0.613. The van der Waals surface area contributed by atoms with Gasteiger partial charge < -0.3 is 9.84 Å². The molecule has 1 rings (SSSR count). The normalized spacial score (nSPS) is 26.2. The van der Waals surface area contributed by atoms with Crippen molar-refractivity contribution in [2.75, 3.05) is 6.54 Å². The highest BCUT2D eigenvalue weighted by atomic mass is 16.6. The molecule has 1 atom stereocenters. The number of nitrogens with zero attached hydrogens (tertiary/aromatic N) is 2. The summed E-state index contributed by atoms with van der Waals surface area (Å²) in [5.41, 5.74) is -2.31. The first kappa shape index (κ1) is 11.8. The van der Waals surface area contributed by atoms with Crippen molar-refractivity contribution in [3.8, 4) is 6.07 Å². The third-order valence-corrected chi connectivity index (χ3v) is 2.15. The molecule has 1 saturated heterocycles. The highest BCUT2D eigenvalue weighted by Gasteiger charge is 2.44. The van der Waals surface area contributed by atoms with Gasteiger partial charge in [-0.1, -0.05) is 0 Å². The number of hydrogen-bond acceptors (Lipinski definition) is 4. The summed E-state index contributed by atoms with van der Waals surface area (Å²) in [4.78, 5) is 12.7. The largest absolute Gasteiger partial charge is 0.444 e. The number of ether oxygens (including phenoxy) is 1. The van der Waals surface area contributed by atoms with Crippen LogP contribution in [0, 0.1) is 11.3 Å². The molecule has 0 aliphatic carbocycles. The van der Waals surface area contributed by atoms with Crippen molar-refractivity contribution >= 4 is 6.09 Å². The first-order valence-corrected chi connectivity index (χ1v) is 4.93. The Labute approximate surface area is 89.2 Å². The van der Waals surface area contributed by atoms with Gasteiger partial charge in [0.2, 0.25) is 5.72 Å². The van der Waals surface area contributed by atoms with Crippen LogP contribution in [0.3, 0.4) is 0 Å². The fourth-order valence-corrected chi connectivity index (χ4v) is 1.48. The Morgan fingerprint density at radius 3 is 2.67 bits per heavy atom. The van der Waals surface area contributed by atoms with Crippen molar-refractivity contribution in [2.24, 2.45) is 0 Å². The minimum atomic E-state index is -1.69. The molecule has 0 aromatic rings. The van der Waals surface area contributed by atoms with Gasteiger partial charge in [-0.15, -0.1) is 0 Å². The van der Waals surface area contributed by atoms with Crippen LogP contribution in [0.2, 0.25) is 0 Å². The lowest BCUT2D eigenvalue weighted by Crippen LogP contribution is -2.48. The van der Waals surface area contributed by atoms with Crippen LogP contribution >= 0.6 is 0 Å². The summed E-state index contributed by atoms with van der Waals surface area (Å²) in [7, 11) is 0. The van der Waals surface area contributed by atoms with E-state index in [0.29, 0.717) is 13.0 Å². The van der Waals surface area contributed by atoms with E-state index >= 15 is 0 Å². The molecule has 0 aromatic carbocycles. The molecule has 1 amide bonds. The van der Waals surface area contributed by atoms with Gasteiger partial charge in [0.25, 0.3) is 0 Å². The van der Waals surface area contributed by atoms with Crippen molar-refractivity contribution in [1.29, 1.82) is 5.26 Å². The molecule has 5 nitrogen and oxygen atoms in total. The Kier molecular flexibility index (Phi) is 2.91. The third-order valence-electron chi connectivity index (χ3n) is 2.15. The van der Waals surface area contributed by atoms with Crippen LogP contribution in [0.4, 0.5) is 4.79 Å². The molecule has 1 N–H and O–H groups in total. The maximum Gasteiger partial charge on any atom is 0.413 e. The summed E-state index contributed by atoms with van der Waals surface area (Å²) < 4.78 is 5.09. The molecule has 0 bridgehead atoms. The van der Waals surface area contributed by atoms with Crippen LogP contribution in [0.1, 0.15) is 33.6 Å². The van der Waals surface area contributed by atoms with Crippen molar-refractivity contribution in [2.45, 2.75) is 44.9 Å². The second-order valence-electron chi connectivity index (χ2n) is 4.66. The Balaban J connectivity index is 2.73. The lowest BCUT2D eigenvalue weighted by Gasteiger charge is -2.30. The molecular formula is C10H16N2O3. The van der Waals surface area contributed by atoms with Crippen LogP contribution in [-0.2, 0) is 4.74 Å². The van der Waals surface area contributed by atoms with Crippen molar-refractivity contribution in [3.05, 3.63) is 0 Å². The number of carbonyl (C=O) groups excluding carboxylic acids is 1. The predicted molar refractivity (Wildman–Crippen MR) is 52.7 cm³/mol. The van der Waals surface area contributed by atoms with Crippen molar-refractivity contribution < 1.29 is 14.6 Å². The van der Waals surface area contributed by atoms with E-state index in [2.05, 4.69) is 0 Å². The maximum absolute atomic E-state index is 11.6. The first-order valence-electron chi connectivity index (χ1n) is 4.93. The maximum atomic E-state index is 11.6. The zero-order valence-electron chi connectivity index (χ0n) is 9.28. The predicted octanol–water partition coefficient (Wildman–Crippen LogP) is 1.23. The molecule has 1 aliphatic rings. The lowest BCUT2D eigenvalue weighted by atomic mass is 10.2. The zero-order chi connectivity index (χ0) is 11.7. The molecule has 1 aliphatic heterocycles. The Bertz CT molecular complexity index is 303. The van der Waals surface area contributed by atoms with Crippen LogP contribution in [0.15, 0.2) is 0 Å². The van der Waals surface area contributed by atoms with Gasteiger partial charge >= 0.3 is 6.09 Å². The standard InChI is InChI=1S/C10H16N2O3/c1-9(2,3)15-8(13)12-6-4-5-10(12,14)7-11/h14H,4-6H2,1-3H3/t10-/m0/s1. The average Bonchev–Trinajstić information content (AvgIpc) is 2.45. The van der Waals surface area contributed by atoms with Gasteiger partial charge in [-0.05, 0) is 27.2 Å². The third kappa shape index (κ3) is 2.60. The number of rotatable bonds is 0. The number of likely N-dealkylation sites (tertiary alicyclic amines) is 1. The van der Waals surface area contributed by atoms with Crippen molar-refractivity contribution in [1.82, 2.24) is 4.90 Å². The van der Waals surface area contributed by atoms with Gasteiger partial charge in [0.05, 0.1) is 0 Å². The van der Waals surface area contributed by atoms with E-state index in [1.807, 2.05) is 0 Å². The molecule has 0 saturated carbocycles. The molecule has 0 radical (unpaired) electrons. The van der Waals surface area contributed by atoms with Crippen LogP contribution in [-0.4, -0.2) is 34.0 Å². The molecule has 1 fully saturated rings. The summed E-state index contributed by atoms with van der Waals surface area (Å²) in [5, 5.41) is 18.6. The fourth-order valence-electron chi connectivity index (χ4n) is 1.48. The SMILES string of the molecule is CC(C)(C)OC(=O)N1CCC[C@]1(O)C#N. The molecule has 5 heteroatoms. The topological polar surface area (TPSA) is 73.6 Å². The number of hydrogen-bond donors (Lipinski definition) is 1. The molecule has 15 heavy (non-hydrogen) atoms. The minimum absolute atomic E-state index is 0.280. The number of nitriles is 1. The van der Waals surface area contributed by atoms with Gasteiger partial charge in [0.1, 0.15) is 11.7 Å². The molecule has 0 unspecified atom stereocenters. The molecule has 1 heterocycles.